The van der Waals surface area contributed by atoms with Crippen molar-refractivity contribution in [3.63, 3.8) is 0 Å². The highest BCUT2D eigenvalue weighted by atomic mass is 35.5. The molecule has 0 saturated heterocycles. The summed E-state index contributed by atoms with van der Waals surface area (Å²) in [5, 5.41) is 2.30. The third kappa shape index (κ3) is 3.49. The van der Waals surface area contributed by atoms with Crippen LogP contribution in [0.25, 0.3) is 10.8 Å². The van der Waals surface area contributed by atoms with Crippen molar-refractivity contribution >= 4 is 22.4 Å². The van der Waals surface area contributed by atoms with Crippen molar-refractivity contribution in [3.05, 3.63) is 81.2 Å². The van der Waals surface area contributed by atoms with E-state index >= 15 is 0 Å². The van der Waals surface area contributed by atoms with Crippen molar-refractivity contribution in [3.8, 4) is 0 Å². The maximum atomic E-state index is 12.0. The molecule has 1 unspecified atom stereocenters. The van der Waals surface area contributed by atoms with Gasteiger partial charge in [-0.1, -0.05) is 41.9 Å². The summed E-state index contributed by atoms with van der Waals surface area (Å²) in [4.78, 5) is 14.7. The largest absolute Gasteiger partial charge is 0.329 e. The fourth-order valence-corrected chi connectivity index (χ4v) is 5.14. The minimum absolute atomic E-state index is 0.0677. The molecule has 3 aromatic rings. The third-order valence-corrected chi connectivity index (χ3v) is 7.02. The third-order valence-electron chi connectivity index (χ3n) is 6.67. The fraction of sp³-hybridized carbons (Fsp3) is 0.375. The molecule has 4 heteroatoms. The van der Waals surface area contributed by atoms with Gasteiger partial charge in [0.2, 0.25) is 0 Å². The molecule has 3 N–H and O–H groups in total. The molecule has 1 saturated carbocycles. The van der Waals surface area contributed by atoms with Gasteiger partial charge in [0, 0.05) is 28.1 Å². The summed E-state index contributed by atoms with van der Waals surface area (Å²) in [6.07, 6.45) is 7.12. The first-order valence-electron chi connectivity index (χ1n) is 10.1. The molecule has 0 aliphatic heterocycles. The predicted octanol–water partition coefficient (Wildman–Crippen LogP) is 5.20. The summed E-state index contributed by atoms with van der Waals surface area (Å²) in [6.45, 7) is 2.14. The maximum Gasteiger partial charge on any atom is 0.255 e. The first kappa shape index (κ1) is 19.2. The highest BCUT2D eigenvalue weighted by Crippen LogP contribution is 2.44. The number of pyridine rings is 1. The average molecular weight is 395 g/mol. The van der Waals surface area contributed by atoms with E-state index in [0.717, 1.165) is 43.1 Å². The van der Waals surface area contributed by atoms with Crippen LogP contribution in [0, 0.1) is 5.92 Å². The van der Waals surface area contributed by atoms with Crippen molar-refractivity contribution in [2.75, 3.05) is 0 Å². The topological polar surface area (TPSA) is 58.9 Å². The average Bonchev–Trinajstić information content (AvgIpc) is 2.70. The van der Waals surface area contributed by atoms with Gasteiger partial charge in [-0.05, 0) is 79.7 Å². The molecule has 0 spiro atoms. The number of fused-ring (bicyclic) bond motifs is 1. The summed E-state index contributed by atoms with van der Waals surface area (Å²) in [6, 6.07) is 16.7. The molecule has 1 aliphatic carbocycles. The molecule has 0 radical (unpaired) electrons. The van der Waals surface area contributed by atoms with E-state index in [1.165, 1.54) is 5.56 Å². The van der Waals surface area contributed by atoms with Crippen LogP contribution in [0.2, 0.25) is 5.02 Å². The van der Waals surface area contributed by atoms with E-state index in [4.69, 9.17) is 17.3 Å². The lowest BCUT2D eigenvalue weighted by atomic mass is 9.62. The quantitative estimate of drug-likeness (QED) is 0.638. The molecule has 0 amide bonds. The number of nitrogens with one attached hydrogen (secondary N) is 1. The minimum atomic E-state index is -0.0896. The molecular weight excluding hydrogens is 368 g/mol. The normalized spacial score (nSPS) is 23.6. The van der Waals surface area contributed by atoms with Gasteiger partial charge in [0.25, 0.3) is 5.56 Å². The van der Waals surface area contributed by atoms with Crippen molar-refractivity contribution < 1.29 is 0 Å². The second kappa shape index (κ2) is 7.73. The smallest absolute Gasteiger partial charge is 0.255 e. The number of nitrogens with two attached hydrogens (primary N) is 1. The zero-order valence-electron chi connectivity index (χ0n) is 16.2. The van der Waals surface area contributed by atoms with E-state index in [-0.39, 0.29) is 17.0 Å². The first-order valence-corrected chi connectivity index (χ1v) is 10.5. The fourth-order valence-electron chi connectivity index (χ4n) is 4.90. The molecule has 28 heavy (non-hydrogen) atoms. The first-order chi connectivity index (χ1) is 13.5. The Kier molecular flexibility index (Phi) is 5.31. The highest BCUT2D eigenvalue weighted by Gasteiger charge is 2.39. The van der Waals surface area contributed by atoms with E-state index in [1.807, 2.05) is 12.1 Å². The van der Waals surface area contributed by atoms with Crippen LogP contribution in [0.5, 0.6) is 0 Å². The van der Waals surface area contributed by atoms with E-state index in [2.05, 4.69) is 48.3 Å². The van der Waals surface area contributed by atoms with E-state index in [0.29, 0.717) is 16.3 Å². The van der Waals surface area contributed by atoms with Gasteiger partial charge in [-0.25, -0.2) is 0 Å². The SMILES string of the molecule is CC(N)C1(c2ccccc2)CCC(Cc2cc3cc[nH]c(=O)c3cc2Cl)CC1. The number of hydrogen-bond acceptors (Lipinski definition) is 2. The summed E-state index contributed by atoms with van der Waals surface area (Å²) in [5.41, 5.74) is 8.96. The lowest BCUT2D eigenvalue weighted by molar-refractivity contribution is 0.202. The Balaban J connectivity index is 1.54. The van der Waals surface area contributed by atoms with Crippen LogP contribution in [0.1, 0.15) is 43.7 Å². The van der Waals surface area contributed by atoms with Gasteiger partial charge in [0.05, 0.1) is 0 Å². The van der Waals surface area contributed by atoms with Gasteiger partial charge >= 0.3 is 0 Å². The van der Waals surface area contributed by atoms with E-state index in [9.17, 15) is 4.79 Å². The molecule has 4 rings (SSSR count). The Hall–Kier alpha value is -2.10. The zero-order chi connectivity index (χ0) is 19.7. The van der Waals surface area contributed by atoms with Crippen LogP contribution < -0.4 is 11.3 Å². The van der Waals surface area contributed by atoms with Crippen molar-refractivity contribution in [2.24, 2.45) is 11.7 Å². The zero-order valence-corrected chi connectivity index (χ0v) is 17.0. The number of aromatic nitrogens is 1. The van der Waals surface area contributed by atoms with Gasteiger partial charge in [-0.15, -0.1) is 0 Å². The molecule has 1 atom stereocenters. The van der Waals surface area contributed by atoms with Crippen molar-refractivity contribution in [1.82, 2.24) is 4.98 Å². The summed E-state index contributed by atoms with van der Waals surface area (Å²) >= 11 is 6.52. The summed E-state index contributed by atoms with van der Waals surface area (Å²) in [5.74, 6) is 0.590. The summed E-state index contributed by atoms with van der Waals surface area (Å²) < 4.78 is 0. The number of rotatable bonds is 4. The lowest BCUT2D eigenvalue weighted by Gasteiger charge is -2.44. The monoisotopic (exact) mass is 394 g/mol. The number of halogens is 1. The van der Waals surface area contributed by atoms with E-state index < -0.39 is 0 Å². The minimum Gasteiger partial charge on any atom is -0.329 e. The molecular formula is C24H27ClN2O. The second-order valence-electron chi connectivity index (χ2n) is 8.30. The molecule has 1 aromatic heterocycles. The summed E-state index contributed by atoms with van der Waals surface area (Å²) in [7, 11) is 0. The van der Waals surface area contributed by atoms with Crippen LogP contribution in [-0.4, -0.2) is 11.0 Å². The van der Waals surface area contributed by atoms with Crippen LogP contribution in [-0.2, 0) is 11.8 Å². The molecule has 0 bridgehead atoms. The maximum absolute atomic E-state index is 12.0. The van der Waals surface area contributed by atoms with Gasteiger partial charge < -0.3 is 10.7 Å². The molecule has 146 valence electrons. The van der Waals surface area contributed by atoms with Gasteiger partial charge in [0.15, 0.2) is 0 Å². The number of benzene rings is 2. The van der Waals surface area contributed by atoms with Crippen LogP contribution in [0.15, 0.2) is 59.5 Å². The Morgan fingerprint density at radius 3 is 2.57 bits per heavy atom. The van der Waals surface area contributed by atoms with Crippen molar-refractivity contribution in [2.45, 2.75) is 50.5 Å². The molecule has 1 aliphatic rings. The van der Waals surface area contributed by atoms with Crippen LogP contribution in [0.4, 0.5) is 0 Å². The molecule has 1 heterocycles. The predicted molar refractivity (Wildman–Crippen MR) is 117 cm³/mol. The molecule has 2 aromatic carbocycles. The van der Waals surface area contributed by atoms with Gasteiger partial charge in [-0.3, -0.25) is 4.79 Å². The standard InChI is InChI=1S/C24H27ClN2O/c1-16(26)24(20-5-3-2-4-6-20)10-7-17(8-11-24)13-19-14-18-9-12-27-23(28)21(18)15-22(19)25/h2-6,9,12,14-17H,7-8,10-11,13,26H2,1H3,(H,27,28). The second-order valence-corrected chi connectivity index (χ2v) is 8.70. The highest BCUT2D eigenvalue weighted by molar-refractivity contribution is 6.32. The number of hydrogen-bond donors (Lipinski definition) is 2. The lowest BCUT2D eigenvalue weighted by Crippen LogP contribution is -2.46. The Morgan fingerprint density at radius 2 is 1.89 bits per heavy atom. The Bertz CT molecular complexity index is 1020. The Labute approximate surface area is 170 Å². The Morgan fingerprint density at radius 1 is 1.18 bits per heavy atom. The van der Waals surface area contributed by atoms with Crippen molar-refractivity contribution in [1.29, 1.82) is 0 Å². The van der Waals surface area contributed by atoms with Gasteiger partial charge in [-0.2, -0.15) is 0 Å². The molecule has 3 nitrogen and oxygen atoms in total. The number of H-pyrrole nitrogens is 1. The van der Waals surface area contributed by atoms with Gasteiger partial charge in [0.1, 0.15) is 0 Å². The number of aromatic amines is 1. The van der Waals surface area contributed by atoms with E-state index in [1.54, 1.807) is 6.20 Å². The van der Waals surface area contributed by atoms with Crippen LogP contribution >= 0.6 is 11.6 Å². The van der Waals surface area contributed by atoms with Crippen LogP contribution in [0.3, 0.4) is 0 Å². The molecule has 1 fully saturated rings.